The van der Waals surface area contributed by atoms with Gasteiger partial charge in [-0.05, 0) is 25.1 Å². The molecule has 0 radical (unpaired) electrons. The van der Waals surface area contributed by atoms with Gasteiger partial charge in [0.15, 0.2) is 0 Å². The molecule has 0 saturated carbocycles. The molecule has 0 aliphatic heterocycles. The van der Waals surface area contributed by atoms with E-state index >= 15 is 0 Å². The van der Waals surface area contributed by atoms with Crippen molar-refractivity contribution in [2.24, 2.45) is 14.1 Å². The second-order valence-corrected chi connectivity index (χ2v) is 6.59. The van der Waals surface area contributed by atoms with Crippen molar-refractivity contribution in [3.05, 3.63) is 68.3 Å². The Morgan fingerprint density at radius 3 is 2.64 bits per heavy atom. The molecule has 4 aromatic rings. The number of pyridine rings is 1. The van der Waals surface area contributed by atoms with Gasteiger partial charge in [0.25, 0.3) is 11.5 Å². The molecule has 1 aromatic carbocycles. The van der Waals surface area contributed by atoms with Crippen LogP contribution in [0.3, 0.4) is 0 Å². The molecular formula is C19H18N6O3. The van der Waals surface area contributed by atoms with E-state index in [2.05, 4.69) is 20.3 Å². The Balaban J connectivity index is 1.73. The fourth-order valence-corrected chi connectivity index (χ4v) is 3.25. The minimum absolute atomic E-state index is 0.0789. The minimum atomic E-state index is -0.640. The van der Waals surface area contributed by atoms with Gasteiger partial charge < -0.3 is 9.88 Å². The summed E-state index contributed by atoms with van der Waals surface area (Å²) in [5.74, 6) is 0.248. The molecule has 28 heavy (non-hydrogen) atoms. The Morgan fingerprint density at radius 2 is 1.89 bits per heavy atom. The lowest BCUT2D eigenvalue weighted by molar-refractivity contribution is 0.0951. The zero-order valence-corrected chi connectivity index (χ0v) is 15.6. The van der Waals surface area contributed by atoms with Crippen LogP contribution in [0.1, 0.15) is 21.9 Å². The number of aryl methyl sites for hydroxylation is 3. The number of hydrogen-bond acceptors (Lipinski definition) is 5. The number of aromatic amines is 1. The Labute approximate surface area is 158 Å². The summed E-state index contributed by atoms with van der Waals surface area (Å²) in [7, 11) is 3.37. The number of imidazole rings is 1. The third kappa shape index (κ3) is 2.77. The maximum Gasteiger partial charge on any atom is 0.329 e. The highest BCUT2D eigenvalue weighted by molar-refractivity contribution is 6.05. The molecule has 0 aliphatic rings. The molecule has 142 valence electrons. The van der Waals surface area contributed by atoms with Crippen LogP contribution in [0.25, 0.3) is 22.1 Å². The summed E-state index contributed by atoms with van der Waals surface area (Å²) >= 11 is 0. The van der Waals surface area contributed by atoms with Gasteiger partial charge in [0.05, 0.1) is 28.5 Å². The lowest BCUT2D eigenvalue weighted by Crippen LogP contribution is -2.32. The average molecular weight is 378 g/mol. The number of H-pyrrole nitrogens is 1. The van der Waals surface area contributed by atoms with E-state index < -0.39 is 17.2 Å². The van der Waals surface area contributed by atoms with Gasteiger partial charge >= 0.3 is 5.69 Å². The molecule has 4 rings (SSSR count). The third-order valence-electron chi connectivity index (χ3n) is 4.73. The molecule has 0 aliphatic carbocycles. The van der Waals surface area contributed by atoms with E-state index in [0.717, 1.165) is 11.0 Å². The minimum Gasteiger partial charge on any atom is -0.345 e. The molecule has 3 heterocycles. The SMILES string of the molecule is Cc1cc(C(=O)NCc2nc3ccccc3n2C)c2c(=O)[nH]c(=O)n(C)c2n1. The Hall–Kier alpha value is -3.75. The number of fused-ring (bicyclic) bond motifs is 2. The lowest BCUT2D eigenvalue weighted by Gasteiger charge is -2.10. The monoisotopic (exact) mass is 378 g/mol. The predicted molar refractivity (Wildman–Crippen MR) is 104 cm³/mol. The van der Waals surface area contributed by atoms with Gasteiger partial charge in [0.1, 0.15) is 11.5 Å². The number of benzene rings is 1. The number of aromatic nitrogens is 5. The van der Waals surface area contributed by atoms with Crippen LogP contribution in [0.15, 0.2) is 39.9 Å². The van der Waals surface area contributed by atoms with Gasteiger partial charge in [0, 0.05) is 19.8 Å². The third-order valence-corrected chi connectivity index (χ3v) is 4.73. The van der Waals surface area contributed by atoms with E-state index in [9.17, 15) is 14.4 Å². The van der Waals surface area contributed by atoms with Gasteiger partial charge in [0.2, 0.25) is 0 Å². The van der Waals surface area contributed by atoms with Crippen molar-refractivity contribution < 1.29 is 4.79 Å². The zero-order valence-electron chi connectivity index (χ0n) is 15.6. The largest absolute Gasteiger partial charge is 0.345 e. The number of carbonyl (C=O) groups is 1. The van der Waals surface area contributed by atoms with Crippen molar-refractivity contribution in [1.29, 1.82) is 0 Å². The van der Waals surface area contributed by atoms with Crippen molar-refractivity contribution in [2.75, 3.05) is 0 Å². The zero-order chi connectivity index (χ0) is 20.0. The summed E-state index contributed by atoms with van der Waals surface area (Å²) < 4.78 is 3.12. The number of hydrogen-bond donors (Lipinski definition) is 2. The average Bonchev–Trinajstić information content (AvgIpc) is 2.99. The van der Waals surface area contributed by atoms with Crippen LogP contribution in [0, 0.1) is 6.92 Å². The topological polar surface area (TPSA) is 115 Å². The van der Waals surface area contributed by atoms with Crippen molar-refractivity contribution in [3.63, 3.8) is 0 Å². The van der Waals surface area contributed by atoms with Gasteiger partial charge in [-0.2, -0.15) is 0 Å². The van der Waals surface area contributed by atoms with E-state index in [1.165, 1.54) is 17.7 Å². The fraction of sp³-hybridized carbons (Fsp3) is 0.211. The molecule has 0 saturated heterocycles. The molecule has 3 aromatic heterocycles. The molecule has 2 N–H and O–H groups in total. The van der Waals surface area contributed by atoms with Gasteiger partial charge in [-0.1, -0.05) is 12.1 Å². The molecule has 9 heteroatoms. The molecule has 1 amide bonds. The van der Waals surface area contributed by atoms with Crippen LogP contribution in [0.2, 0.25) is 0 Å². The summed E-state index contributed by atoms with van der Waals surface area (Å²) in [5, 5.41) is 2.89. The number of nitrogens with one attached hydrogen (secondary N) is 2. The Kier molecular flexibility index (Phi) is 4.07. The van der Waals surface area contributed by atoms with Crippen molar-refractivity contribution in [2.45, 2.75) is 13.5 Å². The maximum absolute atomic E-state index is 12.8. The summed E-state index contributed by atoms with van der Waals surface area (Å²) in [4.78, 5) is 48.0. The first-order chi connectivity index (χ1) is 13.4. The summed E-state index contributed by atoms with van der Waals surface area (Å²) in [5.41, 5.74) is 1.44. The van der Waals surface area contributed by atoms with Crippen molar-refractivity contribution in [1.82, 2.24) is 29.4 Å². The van der Waals surface area contributed by atoms with Crippen LogP contribution >= 0.6 is 0 Å². The van der Waals surface area contributed by atoms with E-state index in [1.807, 2.05) is 35.9 Å². The lowest BCUT2D eigenvalue weighted by atomic mass is 10.1. The maximum atomic E-state index is 12.8. The van der Waals surface area contributed by atoms with Gasteiger partial charge in [-0.25, -0.2) is 14.8 Å². The van der Waals surface area contributed by atoms with Crippen molar-refractivity contribution >= 4 is 28.0 Å². The summed E-state index contributed by atoms with van der Waals surface area (Å²) in [6.45, 7) is 1.89. The number of nitrogens with zero attached hydrogens (tertiary/aromatic N) is 4. The van der Waals surface area contributed by atoms with Crippen LogP contribution in [-0.2, 0) is 20.6 Å². The second kappa shape index (κ2) is 6.45. The highest BCUT2D eigenvalue weighted by Crippen LogP contribution is 2.15. The predicted octanol–water partition coefficient (Wildman–Crippen LogP) is 0.747. The molecular weight excluding hydrogens is 360 g/mol. The van der Waals surface area contributed by atoms with E-state index in [-0.39, 0.29) is 23.1 Å². The van der Waals surface area contributed by atoms with E-state index in [4.69, 9.17) is 0 Å². The number of carbonyl (C=O) groups excluding carboxylic acids is 1. The standard InChI is InChI=1S/C19H18N6O3/c1-10-8-11(15-16(21-10)25(3)19(28)23-18(15)27)17(26)20-9-14-22-12-6-4-5-7-13(12)24(14)2/h4-8H,9H2,1-3H3,(H,20,26)(H,23,27,28). The van der Waals surface area contributed by atoms with E-state index in [1.54, 1.807) is 6.92 Å². The first-order valence-electron chi connectivity index (χ1n) is 8.66. The van der Waals surface area contributed by atoms with Crippen LogP contribution in [0.4, 0.5) is 0 Å². The summed E-state index contributed by atoms with van der Waals surface area (Å²) in [6, 6.07) is 9.22. The van der Waals surface area contributed by atoms with E-state index in [0.29, 0.717) is 11.5 Å². The van der Waals surface area contributed by atoms with Crippen LogP contribution < -0.4 is 16.6 Å². The highest BCUT2D eigenvalue weighted by Gasteiger charge is 2.18. The van der Waals surface area contributed by atoms with Gasteiger partial charge in [-0.15, -0.1) is 0 Å². The first-order valence-corrected chi connectivity index (χ1v) is 8.66. The number of amides is 1. The Morgan fingerprint density at radius 1 is 1.14 bits per heavy atom. The fourth-order valence-electron chi connectivity index (χ4n) is 3.25. The van der Waals surface area contributed by atoms with Crippen LogP contribution in [0.5, 0.6) is 0 Å². The van der Waals surface area contributed by atoms with Crippen LogP contribution in [-0.4, -0.2) is 30.0 Å². The highest BCUT2D eigenvalue weighted by atomic mass is 16.2. The van der Waals surface area contributed by atoms with Gasteiger partial charge in [-0.3, -0.25) is 19.1 Å². The molecule has 0 unspecified atom stereocenters. The first kappa shape index (κ1) is 17.7. The summed E-state index contributed by atoms with van der Waals surface area (Å²) in [6.07, 6.45) is 0. The normalized spacial score (nSPS) is 11.2. The number of para-hydroxylation sites is 2. The molecule has 0 bridgehead atoms. The Bertz CT molecular complexity index is 1360. The smallest absolute Gasteiger partial charge is 0.329 e. The molecule has 9 nitrogen and oxygen atoms in total. The quantitative estimate of drug-likeness (QED) is 0.546. The van der Waals surface area contributed by atoms with Crippen molar-refractivity contribution in [3.8, 4) is 0 Å². The molecule has 0 fully saturated rings. The molecule has 0 spiro atoms. The molecule has 0 atom stereocenters. The second-order valence-electron chi connectivity index (χ2n) is 6.59. The number of rotatable bonds is 3.